The Morgan fingerprint density at radius 2 is 1.94 bits per heavy atom. The number of rotatable bonds is 3. The summed E-state index contributed by atoms with van der Waals surface area (Å²) in [6.45, 7) is 0. The van der Waals surface area contributed by atoms with Gasteiger partial charge in [0, 0.05) is 4.47 Å². The van der Waals surface area contributed by atoms with Gasteiger partial charge in [0.1, 0.15) is 0 Å². The van der Waals surface area contributed by atoms with Crippen LogP contribution in [-0.4, -0.2) is 18.9 Å². The molecule has 7 heteroatoms. The van der Waals surface area contributed by atoms with Gasteiger partial charge in [-0.05, 0) is 50.1 Å². The molecular formula is C11H6Br2O4S. The highest BCUT2D eigenvalue weighted by molar-refractivity contribution is 9.13. The Morgan fingerprint density at radius 1 is 1.28 bits per heavy atom. The molecule has 0 atom stereocenters. The third-order valence-corrected chi connectivity index (χ3v) is 5.34. The molecule has 0 N–H and O–H groups in total. The molecule has 0 amide bonds. The molecule has 0 unspecified atom stereocenters. The fourth-order valence-corrected chi connectivity index (χ4v) is 3.23. The maximum atomic E-state index is 12.1. The summed E-state index contributed by atoms with van der Waals surface area (Å²) >= 11 is 7.90. The van der Waals surface area contributed by atoms with Crippen molar-refractivity contribution in [1.29, 1.82) is 0 Å². The van der Waals surface area contributed by atoms with Gasteiger partial charge in [0.2, 0.25) is 11.5 Å². The zero-order valence-corrected chi connectivity index (χ0v) is 13.0. The van der Waals surface area contributed by atoms with Crippen LogP contribution in [0.4, 0.5) is 0 Å². The first kappa shape index (κ1) is 13.5. The first-order valence-corrected chi connectivity index (χ1v) is 7.11. The van der Waals surface area contributed by atoms with Gasteiger partial charge in [-0.15, -0.1) is 11.3 Å². The van der Waals surface area contributed by atoms with E-state index >= 15 is 0 Å². The lowest BCUT2D eigenvalue weighted by atomic mass is 10.2. The molecule has 0 fully saturated rings. The summed E-state index contributed by atoms with van der Waals surface area (Å²) in [5.41, 5.74) is 0. The zero-order chi connectivity index (χ0) is 13.3. The lowest BCUT2D eigenvalue weighted by molar-refractivity contribution is 0.0563. The van der Waals surface area contributed by atoms with Crippen LogP contribution in [0.3, 0.4) is 0 Å². The molecule has 0 aliphatic carbocycles. The highest BCUT2D eigenvalue weighted by Crippen LogP contribution is 2.33. The van der Waals surface area contributed by atoms with E-state index in [0.717, 1.165) is 8.26 Å². The van der Waals surface area contributed by atoms with Crippen LogP contribution in [0.5, 0.6) is 0 Å². The van der Waals surface area contributed by atoms with Crippen molar-refractivity contribution in [2.45, 2.75) is 0 Å². The molecule has 4 nitrogen and oxygen atoms in total. The second-order valence-electron chi connectivity index (χ2n) is 3.22. The number of esters is 1. The summed E-state index contributed by atoms with van der Waals surface area (Å²) in [4.78, 5) is 23.8. The smallest absolute Gasteiger partial charge is 0.373 e. The van der Waals surface area contributed by atoms with Gasteiger partial charge in [0.15, 0.2) is 5.76 Å². The van der Waals surface area contributed by atoms with Crippen LogP contribution in [0, 0.1) is 0 Å². The Balaban J connectivity index is 2.29. The molecule has 2 rings (SSSR count). The van der Waals surface area contributed by atoms with Crippen molar-refractivity contribution in [3.05, 3.63) is 42.9 Å². The highest BCUT2D eigenvalue weighted by atomic mass is 79.9. The van der Waals surface area contributed by atoms with Crippen molar-refractivity contribution < 1.29 is 18.7 Å². The SMILES string of the molecule is COC(=O)c1ccc(C(=O)c2cc(Br)c(Br)s2)o1. The third kappa shape index (κ3) is 2.57. The quantitative estimate of drug-likeness (QED) is 0.586. The average Bonchev–Trinajstić information content (AvgIpc) is 2.96. The number of hydrogen-bond acceptors (Lipinski definition) is 5. The van der Waals surface area contributed by atoms with E-state index in [4.69, 9.17) is 4.42 Å². The van der Waals surface area contributed by atoms with Gasteiger partial charge >= 0.3 is 5.97 Å². The number of ketones is 1. The lowest BCUT2D eigenvalue weighted by Crippen LogP contribution is -2.00. The van der Waals surface area contributed by atoms with Gasteiger partial charge in [-0.3, -0.25) is 4.79 Å². The minimum Gasteiger partial charge on any atom is -0.463 e. The second kappa shape index (κ2) is 5.38. The fraction of sp³-hybridized carbons (Fsp3) is 0.0909. The monoisotopic (exact) mass is 392 g/mol. The van der Waals surface area contributed by atoms with Gasteiger partial charge in [0.05, 0.1) is 15.8 Å². The Bertz CT molecular complexity index is 595. The molecule has 18 heavy (non-hydrogen) atoms. The summed E-state index contributed by atoms with van der Waals surface area (Å²) in [7, 11) is 1.25. The molecule has 94 valence electrons. The number of ether oxygens (including phenoxy) is 1. The molecule has 0 saturated heterocycles. The molecule has 0 aliphatic rings. The zero-order valence-electron chi connectivity index (χ0n) is 9.03. The summed E-state index contributed by atoms with van der Waals surface area (Å²) in [5, 5.41) is 0. The summed E-state index contributed by atoms with van der Waals surface area (Å²) in [6.07, 6.45) is 0. The van der Waals surface area contributed by atoms with Gasteiger partial charge in [-0.2, -0.15) is 0 Å². The molecule has 0 radical (unpaired) electrons. The predicted octanol–water partition coefficient (Wildman–Crippen LogP) is 3.88. The fourth-order valence-electron chi connectivity index (χ4n) is 1.25. The van der Waals surface area contributed by atoms with E-state index in [1.807, 2.05) is 0 Å². The summed E-state index contributed by atoms with van der Waals surface area (Å²) in [6, 6.07) is 4.56. The normalized spacial score (nSPS) is 10.4. The number of thiophene rings is 1. The van der Waals surface area contributed by atoms with E-state index in [1.54, 1.807) is 6.07 Å². The van der Waals surface area contributed by atoms with Crippen LogP contribution < -0.4 is 0 Å². The Morgan fingerprint density at radius 3 is 2.50 bits per heavy atom. The van der Waals surface area contributed by atoms with Crippen LogP contribution >= 0.6 is 43.2 Å². The van der Waals surface area contributed by atoms with Gasteiger partial charge in [-0.25, -0.2) is 4.79 Å². The first-order chi connectivity index (χ1) is 8.52. The number of hydrogen-bond donors (Lipinski definition) is 0. The van der Waals surface area contributed by atoms with Crippen molar-refractivity contribution in [2.24, 2.45) is 0 Å². The molecule has 2 heterocycles. The molecule has 2 aromatic heterocycles. The van der Waals surface area contributed by atoms with Crippen LogP contribution in [-0.2, 0) is 4.74 Å². The van der Waals surface area contributed by atoms with E-state index < -0.39 is 5.97 Å². The van der Waals surface area contributed by atoms with E-state index in [2.05, 4.69) is 36.6 Å². The van der Waals surface area contributed by atoms with Crippen LogP contribution in [0.2, 0.25) is 0 Å². The van der Waals surface area contributed by atoms with Gasteiger partial charge < -0.3 is 9.15 Å². The van der Waals surface area contributed by atoms with Crippen LogP contribution in [0.15, 0.2) is 30.9 Å². The molecule has 0 spiro atoms. The Hall–Kier alpha value is -0.920. The predicted molar refractivity (Wildman–Crippen MR) is 73.2 cm³/mol. The van der Waals surface area contributed by atoms with E-state index in [-0.39, 0.29) is 17.3 Å². The maximum absolute atomic E-state index is 12.1. The third-order valence-electron chi connectivity index (χ3n) is 2.09. The topological polar surface area (TPSA) is 56.5 Å². The lowest BCUT2D eigenvalue weighted by Gasteiger charge is -1.94. The summed E-state index contributed by atoms with van der Waals surface area (Å²) in [5.74, 6) is -0.767. The van der Waals surface area contributed by atoms with Gasteiger partial charge in [0.25, 0.3) is 0 Å². The highest BCUT2D eigenvalue weighted by Gasteiger charge is 2.19. The molecule has 0 bridgehead atoms. The Labute approximate surface area is 123 Å². The number of halogens is 2. The van der Waals surface area contributed by atoms with Crippen molar-refractivity contribution >= 4 is 54.9 Å². The second-order valence-corrected chi connectivity index (χ2v) is 6.44. The van der Waals surface area contributed by atoms with Crippen molar-refractivity contribution in [1.82, 2.24) is 0 Å². The number of methoxy groups -OCH3 is 1. The van der Waals surface area contributed by atoms with E-state index in [9.17, 15) is 9.59 Å². The maximum Gasteiger partial charge on any atom is 0.373 e. The largest absolute Gasteiger partial charge is 0.463 e. The van der Waals surface area contributed by atoms with Crippen molar-refractivity contribution in [2.75, 3.05) is 7.11 Å². The molecule has 0 aliphatic heterocycles. The van der Waals surface area contributed by atoms with Crippen molar-refractivity contribution in [3.63, 3.8) is 0 Å². The van der Waals surface area contributed by atoms with Crippen LogP contribution in [0.25, 0.3) is 0 Å². The standard InChI is InChI=1S/C11H6Br2O4S/c1-16-11(15)7-3-2-6(17-7)9(14)8-4-5(12)10(13)18-8/h2-4H,1H3. The Kier molecular flexibility index (Phi) is 4.04. The number of carbonyl (C=O) groups excluding carboxylic acids is 2. The molecule has 2 aromatic rings. The van der Waals surface area contributed by atoms with Gasteiger partial charge in [-0.1, -0.05) is 0 Å². The summed E-state index contributed by atoms with van der Waals surface area (Å²) < 4.78 is 11.3. The van der Waals surface area contributed by atoms with E-state index in [0.29, 0.717) is 4.88 Å². The van der Waals surface area contributed by atoms with Crippen molar-refractivity contribution in [3.8, 4) is 0 Å². The average molecular weight is 394 g/mol. The molecule has 0 aromatic carbocycles. The molecular weight excluding hydrogens is 388 g/mol. The number of carbonyl (C=O) groups is 2. The minimum atomic E-state index is -0.609. The molecule has 0 saturated carbocycles. The van der Waals surface area contributed by atoms with Crippen LogP contribution in [0.1, 0.15) is 26.0 Å². The first-order valence-electron chi connectivity index (χ1n) is 4.70. The van der Waals surface area contributed by atoms with E-state index in [1.165, 1.54) is 30.6 Å². The number of furan rings is 1. The minimum absolute atomic E-state index is 0.00976.